The van der Waals surface area contributed by atoms with Crippen LogP contribution in [0.5, 0.6) is 0 Å². The first-order chi connectivity index (χ1) is 20.5. The molecular weight excluding hydrogens is 554 g/mol. The van der Waals surface area contributed by atoms with Gasteiger partial charge < -0.3 is 22.1 Å². The van der Waals surface area contributed by atoms with Crippen molar-refractivity contribution < 1.29 is 19.4 Å². The molecule has 0 aromatic carbocycles. The molecule has 0 heterocycles. The van der Waals surface area contributed by atoms with Gasteiger partial charge in [0.2, 0.25) is 5.91 Å². The number of nitro groups is 1. The van der Waals surface area contributed by atoms with Crippen molar-refractivity contribution in [2.24, 2.45) is 45.3 Å². The van der Waals surface area contributed by atoms with Gasteiger partial charge in [-0.05, 0) is 56.8 Å². The number of unbranched alkanes of at least 4 members (excludes halogenated alkanes) is 6. The molecule has 0 bridgehead atoms. The summed E-state index contributed by atoms with van der Waals surface area (Å²) in [5.41, 5.74) is 12.8. The second-order valence-electron chi connectivity index (χ2n) is 11.7. The zero-order valence-electron chi connectivity index (χ0n) is 25.8. The van der Waals surface area contributed by atoms with E-state index in [0.717, 1.165) is 70.6 Å². The minimum Gasteiger partial charge on any atom is -0.365 e. The first kappa shape index (κ1) is 37.3. The Morgan fingerprint density at radius 1 is 1.05 bits per heavy atom. The minimum absolute atomic E-state index is 0.0687. The Kier molecular flexibility index (Phi) is 19.0. The molecule has 0 aromatic heterocycles. The summed E-state index contributed by atoms with van der Waals surface area (Å²) in [6.45, 7) is 4.18. The van der Waals surface area contributed by atoms with E-state index in [-0.39, 0.29) is 42.5 Å². The van der Waals surface area contributed by atoms with Gasteiger partial charge in [0.25, 0.3) is 5.96 Å². The van der Waals surface area contributed by atoms with Crippen molar-refractivity contribution in [2.45, 2.75) is 116 Å². The lowest BCUT2D eigenvalue weighted by atomic mass is 9.77. The number of urea groups is 1. The quantitative estimate of drug-likeness (QED) is 0.0304. The van der Waals surface area contributed by atoms with Crippen LogP contribution in [0.25, 0.3) is 0 Å². The standard InChI is InChI=1S/C29H51N9O5/c1-21(2)19-23(20-34-36-29(32)41)35-27(40)25(16-12-18-33-28(31)37-38(42)43)26(39)24(22-13-9-10-14-22)15-8-6-4-3-5-7-11-17-30/h20-25H,3-16,18-19H2,1-2H3,(H,35,40)(H3,31,33,37)(H3,32,36,41)/b34-20+. The van der Waals surface area contributed by atoms with E-state index in [1.807, 2.05) is 13.8 Å². The van der Waals surface area contributed by atoms with Crippen molar-refractivity contribution in [2.75, 3.05) is 6.54 Å². The molecule has 14 nitrogen and oxygen atoms in total. The van der Waals surface area contributed by atoms with Gasteiger partial charge in [0, 0.05) is 25.1 Å². The lowest BCUT2D eigenvalue weighted by Gasteiger charge is -2.28. The summed E-state index contributed by atoms with van der Waals surface area (Å²) in [5, 5.41) is 30.8. The van der Waals surface area contributed by atoms with Gasteiger partial charge in [-0.2, -0.15) is 10.4 Å². The highest BCUT2D eigenvalue weighted by Gasteiger charge is 2.37. The molecular formula is C29H51N9O5. The summed E-state index contributed by atoms with van der Waals surface area (Å²) in [6.07, 6.45) is 13.9. The summed E-state index contributed by atoms with van der Waals surface area (Å²) >= 11 is 0. The van der Waals surface area contributed by atoms with Gasteiger partial charge in [-0.1, -0.05) is 58.8 Å². The first-order valence-electron chi connectivity index (χ1n) is 15.6. The number of carbonyl (C=O) groups excluding carboxylic acids is 3. The third-order valence-corrected chi connectivity index (χ3v) is 7.70. The summed E-state index contributed by atoms with van der Waals surface area (Å²) in [7, 11) is 0. The van der Waals surface area contributed by atoms with Crippen LogP contribution in [0.1, 0.15) is 110 Å². The number of hydrogen-bond donors (Lipinski definition) is 5. The van der Waals surface area contributed by atoms with Gasteiger partial charge in [-0.3, -0.25) is 9.59 Å². The summed E-state index contributed by atoms with van der Waals surface area (Å²) in [6, 6.07) is 0.820. The SMILES string of the molecule is CC(C)CC(/C=N/NC(N)=O)NC(=O)C(CCCN/C(N)=N/[N+](=O)[O-])C(=O)C(CCCCCCCCC#N)C1CCCC1. The maximum atomic E-state index is 14.1. The Balaban J connectivity index is 3.03. The van der Waals surface area contributed by atoms with Crippen molar-refractivity contribution in [3.05, 3.63) is 10.1 Å². The molecule has 14 heteroatoms. The predicted molar refractivity (Wildman–Crippen MR) is 165 cm³/mol. The molecule has 242 valence electrons. The molecule has 1 fully saturated rings. The van der Waals surface area contributed by atoms with E-state index in [1.54, 1.807) is 0 Å². The average molecular weight is 606 g/mol. The van der Waals surface area contributed by atoms with Gasteiger partial charge in [-0.25, -0.2) is 20.3 Å². The van der Waals surface area contributed by atoms with Crippen LogP contribution in [0.2, 0.25) is 0 Å². The van der Waals surface area contributed by atoms with Crippen LogP contribution in [0.4, 0.5) is 4.79 Å². The molecule has 0 saturated heterocycles. The number of guanidine groups is 1. The van der Waals surface area contributed by atoms with E-state index in [9.17, 15) is 24.5 Å². The molecule has 1 aliphatic rings. The Labute approximate surface area is 255 Å². The first-order valence-corrected chi connectivity index (χ1v) is 15.6. The van der Waals surface area contributed by atoms with Crippen LogP contribution < -0.4 is 27.5 Å². The number of nitriles is 1. The van der Waals surface area contributed by atoms with E-state index < -0.39 is 28.9 Å². The van der Waals surface area contributed by atoms with Gasteiger partial charge in [0.1, 0.15) is 10.9 Å². The van der Waals surface area contributed by atoms with Gasteiger partial charge in [0.05, 0.1) is 18.0 Å². The molecule has 0 aromatic rings. The number of amides is 3. The third-order valence-electron chi connectivity index (χ3n) is 7.70. The normalized spacial score (nSPS) is 16.0. The van der Waals surface area contributed by atoms with Crippen LogP contribution in [0.3, 0.4) is 0 Å². The van der Waals surface area contributed by atoms with Crippen molar-refractivity contribution in [3.8, 4) is 6.07 Å². The number of Topliss-reactive ketones (excluding diaryl/α,β-unsaturated/α-hetero) is 1. The molecule has 0 spiro atoms. The third kappa shape index (κ3) is 17.1. The molecule has 3 amide bonds. The molecule has 43 heavy (non-hydrogen) atoms. The highest BCUT2D eigenvalue weighted by atomic mass is 16.7. The molecule has 1 rings (SSSR count). The maximum absolute atomic E-state index is 14.1. The Morgan fingerprint density at radius 2 is 1.70 bits per heavy atom. The summed E-state index contributed by atoms with van der Waals surface area (Å²) in [4.78, 5) is 49.4. The van der Waals surface area contributed by atoms with E-state index >= 15 is 0 Å². The van der Waals surface area contributed by atoms with Crippen LogP contribution in [-0.2, 0) is 9.59 Å². The second-order valence-corrected chi connectivity index (χ2v) is 11.7. The Bertz CT molecular complexity index is 974. The minimum atomic E-state index is -0.917. The van der Waals surface area contributed by atoms with E-state index in [4.69, 9.17) is 16.7 Å². The van der Waals surface area contributed by atoms with Crippen molar-refractivity contribution >= 4 is 29.9 Å². The second kappa shape index (κ2) is 21.9. The number of nitrogens with two attached hydrogens (primary N) is 2. The Morgan fingerprint density at radius 3 is 2.30 bits per heavy atom. The molecule has 3 atom stereocenters. The van der Waals surface area contributed by atoms with Crippen LogP contribution in [-0.4, -0.2) is 47.5 Å². The topological polar surface area (TPSA) is 231 Å². The highest BCUT2D eigenvalue weighted by Crippen LogP contribution is 2.37. The molecule has 7 N–H and O–H groups in total. The molecule has 0 aliphatic heterocycles. The van der Waals surface area contributed by atoms with Gasteiger partial charge in [-0.15, -0.1) is 0 Å². The monoisotopic (exact) mass is 605 g/mol. The number of nitrogens with one attached hydrogen (secondary N) is 3. The van der Waals surface area contributed by atoms with Gasteiger partial charge in [0.15, 0.2) is 5.03 Å². The van der Waals surface area contributed by atoms with Crippen LogP contribution in [0, 0.1) is 45.1 Å². The number of primary amides is 1. The largest absolute Gasteiger partial charge is 0.365 e. The number of hydrazone groups is 2. The number of hydrogen-bond acceptors (Lipinski definition) is 7. The number of carbonyl (C=O) groups is 3. The fourth-order valence-corrected chi connectivity index (χ4v) is 5.69. The maximum Gasteiger partial charge on any atom is 0.332 e. The lowest BCUT2D eigenvalue weighted by Crippen LogP contribution is -2.45. The van der Waals surface area contributed by atoms with E-state index in [1.165, 1.54) is 6.21 Å². The lowest BCUT2D eigenvalue weighted by molar-refractivity contribution is -0.485. The smallest absolute Gasteiger partial charge is 0.332 e. The van der Waals surface area contributed by atoms with E-state index in [0.29, 0.717) is 19.3 Å². The molecule has 1 aliphatic carbocycles. The van der Waals surface area contributed by atoms with E-state index in [2.05, 4.69) is 32.3 Å². The number of rotatable bonds is 22. The Hall–Kier alpha value is -3.76. The zero-order valence-corrected chi connectivity index (χ0v) is 25.8. The van der Waals surface area contributed by atoms with Crippen LogP contribution in [0.15, 0.2) is 10.2 Å². The summed E-state index contributed by atoms with van der Waals surface area (Å²) in [5.74, 6) is -1.52. The van der Waals surface area contributed by atoms with Crippen molar-refractivity contribution in [3.63, 3.8) is 0 Å². The predicted octanol–water partition coefficient (Wildman–Crippen LogP) is 3.68. The van der Waals surface area contributed by atoms with Crippen molar-refractivity contribution in [1.29, 1.82) is 5.26 Å². The fourth-order valence-electron chi connectivity index (χ4n) is 5.69. The molecule has 0 radical (unpaired) electrons. The van der Waals surface area contributed by atoms with Crippen molar-refractivity contribution in [1.82, 2.24) is 16.1 Å². The van der Waals surface area contributed by atoms with Crippen LogP contribution >= 0.6 is 0 Å². The van der Waals surface area contributed by atoms with Gasteiger partial charge >= 0.3 is 6.03 Å². The fraction of sp³-hybridized carbons (Fsp3) is 0.793. The zero-order chi connectivity index (χ0) is 32.0. The molecule has 3 unspecified atom stereocenters. The number of nitrogens with zero attached hydrogens (tertiary/aromatic N) is 4. The average Bonchev–Trinajstić information content (AvgIpc) is 3.45. The highest BCUT2D eigenvalue weighted by molar-refractivity contribution is 6.03. The molecule has 1 saturated carbocycles. The number of ketones is 1. The summed E-state index contributed by atoms with van der Waals surface area (Å²) < 4.78 is 0.